The van der Waals surface area contributed by atoms with Crippen LogP contribution in [0.4, 0.5) is 13.6 Å². The molecule has 3 aliphatic rings. The number of hydrogen-bond acceptors (Lipinski definition) is 3. The molecule has 0 radical (unpaired) electrons. The number of likely N-dealkylation sites (tertiary alicyclic amines) is 2. The Balaban J connectivity index is 1.44. The number of urea groups is 1. The van der Waals surface area contributed by atoms with Crippen molar-refractivity contribution in [3.63, 3.8) is 0 Å². The van der Waals surface area contributed by atoms with Crippen LogP contribution in [0.25, 0.3) is 0 Å². The van der Waals surface area contributed by atoms with Crippen molar-refractivity contribution in [2.75, 3.05) is 45.9 Å². The quantitative estimate of drug-likeness (QED) is 0.855. The summed E-state index contributed by atoms with van der Waals surface area (Å²) in [5.74, 6) is -0.726. The van der Waals surface area contributed by atoms with E-state index in [0.717, 1.165) is 51.9 Å². The number of ether oxygens (including phenoxy) is 1. The second kappa shape index (κ2) is 8.33. The monoisotopic (exact) mass is 393 g/mol. The van der Waals surface area contributed by atoms with Crippen molar-refractivity contribution in [1.82, 2.24) is 15.1 Å². The summed E-state index contributed by atoms with van der Waals surface area (Å²) in [7, 11) is 0. The van der Waals surface area contributed by atoms with Crippen molar-refractivity contribution in [2.24, 2.45) is 11.3 Å². The van der Waals surface area contributed by atoms with Crippen molar-refractivity contribution in [3.05, 3.63) is 35.4 Å². The molecule has 0 aliphatic carbocycles. The first kappa shape index (κ1) is 19.6. The van der Waals surface area contributed by atoms with Gasteiger partial charge in [-0.2, -0.15) is 0 Å². The second-order valence-corrected chi connectivity index (χ2v) is 8.42. The molecule has 4 rings (SSSR count). The fraction of sp³-hybridized carbons (Fsp3) is 0.667. The van der Waals surface area contributed by atoms with Crippen molar-refractivity contribution in [2.45, 2.75) is 32.2 Å². The van der Waals surface area contributed by atoms with Crippen LogP contribution >= 0.6 is 0 Å². The van der Waals surface area contributed by atoms with Gasteiger partial charge in [-0.15, -0.1) is 0 Å². The van der Waals surface area contributed by atoms with Gasteiger partial charge in [-0.3, -0.25) is 4.90 Å². The fourth-order valence-electron chi connectivity index (χ4n) is 5.04. The second-order valence-electron chi connectivity index (χ2n) is 8.42. The van der Waals surface area contributed by atoms with Gasteiger partial charge in [0.25, 0.3) is 0 Å². The lowest BCUT2D eigenvalue weighted by molar-refractivity contribution is -0.000134. The summed E-state index contributed by atoms with van der Waals surface area (Å²) in [6, 6.07) is 4.03. The topological polar surface area (TPSA) is 44.8 Å². The molecule has 3 saturated heterocycles. The molecule has 1 unspecified atom stereocenters. The predicted octanol–water partition coefficient (Wildman–Crippen LogP) is 3.00. The molecule has 1 atom stereocenters. The highest BCUT2D eigenvalue weighted by molar-refractivity contribution is 5.74. The standard InChI is InChI=1S/C21H29F2N3O2/c22-18-4-3-5-19(23)17(18)14-25-13-16(21(15-25)6-10-28-11-7-21)12-24-20(27)26-8-1-2-9-26/h3-5,16H,1-2,6-15H2,(H,24,27). The van der Waals surface area contributed by atoms with Crippen LogP contribution in [0.3, 0.4) is 0 Å². The van der Waals surface area contributed by atoms with Crippen LogP contribution in [0, 0.1) is 23.0 Å². The van der Waals surface area contributed by atoms with E-state index in [2.05, 4.69) is 10.2 Å². The third kappa shape index (κ3) is 4.01. The molecule has 5 nitrogen and oxygen atoms in total. The largest absolute Gasteiger partial charge is 0.381 e. The number of halogens is 2. The van der Waals surface area contributed by atoms with E-state index in [1.54, 1.807) is 0 Å². The molecule has 3 heterocycles. The van der Waals surface area contributed by atoms with Crippen LogP contribution in [0.1, 0.15) is 31.2 Å². The molecule has 3 fully saturated rings. The van der Waals surface area contributed by atoms with Crippen LogP contribution < -0.4 is 5.32 Å². The van der Waals surface area contributed by atoms with E-state index in [1.807, 2.05) is 4.90 Å². The van der Waals surface area contributed by atoms with Gasteiger partial charge in [0.15, 0.2) is 0 Å². The van der Waals surface area contributed by atoms with Gasteiger partial charge in [-0.25, -0.2) is 13.6 Å². The molecule has 1 aromatic carbocycles. The van der Waals surface area contributed by atoms with Gasteiger partial charge in [-0.05, 0) is 49.1 Å². The van der Waals surface area contributed by atoms with Gasteiger partial charge < -0.3 is 15.0 Å². The molecule has 3 aliphatic heterocycles. The average Bonchev–Trinajstić information content (AvgIpc) is 3.33. The number of hydrogen-bond donors (Lipinski definition) is 1. The predicted molar refractivity (Wildman–Crippen MR) is 102 cm³/mol. The summed E-state index contributed by atoms with van der Waals surface area (Å²) in [4.78, 5) is 16.4. The molecule has 7 heteroatoms. The van der Waals surface area contributed by atoms with E-state index in [0.29, 0.717) is 19.8 Å². The highest BCUT2D eigenvalue weighted by Gasteiger charge is 2.47. The zero-order valence-electron chi connectivity index (χ0n) is 16.3. The lowest BCUT2D eigenvalue weighted by Gasteiger charge is -2.38. The van der Waals surface area contributed by atoms with Crippen molar-refractivity contribution < 1.29 is 18.3 Å². The maximum Gasteiger partial charge on any atom is 0.317 e. The SMILES string of the molecule is O=C(NCC1CN(Cc2c(F)cccc2F)CC12CCOCC2)N1CCCC1. The first-order valence-electron chi connectivity index (χ1n) is 10.3. The Morgan fingerprint density at radius 2 is 1.86 bits per heavy atom. The van der Waals surface area contributed by atoms with Crippen LogP contribution in [0.5, 0.6) is 0 Å². The van der Waals surface area contributed by atoms with Gasteiger partial charge in [0.05, 0.1) is 0 Å². The Labute approximate surface area is 165 Å². The Hall–Kier alpha value is -1.73. The number of carbonyl (C=O) groups is 1. The van der Waals surface area contributed by atoms with Crippen LogP contribution in [0.2, 0.25) is 0 Å². The third-order valence-corrected chi connectivity index (χ3v) is 6.71. The summed E-state index contributed by atoms with van der Waals surface area (Å²) < 4.78 is 33.8. The summed E-state index contributed by atoms with van der Waals surface area (Å²) in [5.41, 5.74) is 0.171. The summed E-state index contributed by atoms with van der Waals surface area (Å²) in [6.45, 7) is 5.45. The molecule has 28 heavy (non-hydrogen) atoms. The Morgan fingerprint density at radius 3 is 2.54 bits per heavy atom. The van der Waals surface area contributed by atoms with Crippen LogP contribution in [0.15, 0.2) is 18.2 Å². The molecule has 0 aromatic heterocycles. The van der Waals surface area contributed by atoms with E-state index in [-0.39, 0.29) is 29.5 Å². The minimum absolute atomic E-state index is 0.0123. The van der Waals surface area contributed by atoms with Crippen molar-refractivity contribution in [3.8, 4) is 0 Å². The minimum atomic E-state index is -0.494. The van der Waals surface area contributed by atoms with E-state index in [1.165, 1.54) is 18.2 Å². The average molecular weight is 393 g/mol. The molecule has 1 aromatic rings. The zero-order chi connectivity index (χ0) is 19.6. The smallest absolute Gasteiger partial charge is 0.317 e. The lowest BCUT2D eigenvalue weighted by Crippen LogP contribution is -2.45. The van der Waals surface area contributed by atoms with Crippen molar-refractivity contribution >= 4 is 6.03 Å². The number of amides is 2. The normalized spacial score (nSPS) is 24.8. The molecule has 0 saturated carbocycles. The fourth-order valence-corrected chi connectivity index (χ4v) is 5.04. The van der Waals surface area contributed by atoms with E-state index in [4.69, 9.17) is 4.74 Å². The summed E-state index contributed by atoms with van der Waals surface area (Å²) in [5, 5.41) is 3.12. The molecular weight excluding hydrogens is 364 g/mol. The molecular formula is C21H29F2N3O2. The molecule has 1 N–H and O–H groups in total. The highest BCUT2D eigenvalue weighted by Crippen LogP contribution is 2.44. The number of nitrogens with one attached hydrogen (secondary N) is 1. The molecule has 154 valence electrons. The van der Waals surface area contributed by atoms with Crippen LogP contribution in [-0.2, 0) is 11.3 Å². The Morgan fingerprint density at radius 1 is 1.18 bits per heavy atom. The zero-order valence-corrected chi connectivity index (χ0v) is 16.3. The number of rotatable bonds is 4. The van der Waals surface area contributed by atoms with E-state index < -0.39 is 11.6 Å². The first-order valence-corrected chi connectivity index (χ1v) is 10.3. The highest BCUT2D eigenvalue weighted by atomic mass is 19.1. The molecule has 1 spiro atoms. The van der Waals surface area contributed by atoms with Gasteiger partial charge >= 0.3 is 6.03 Å². The maximum atomic E-state index is 14.1. The number of carbonyl (C=O) groups excluding carboxylic acids is 1. The van der Waals surface area contributed by atoms with E-state index >= 15 is 0 Å². The van der Waals surface area contributed by atoms with Gasteiger partial charge in [0.1, 0.15) is 11.6 Å². The van der Waals surface area contributed by atoms with Gasteiger partial charge in [0.2, 0.25) is 0 Å². The minimum Gasteiger partial charge on any atom is -0.381 e. The summed E-state index contributed by atoms with van der Waals surface area (Å²) in [6.07, 6.45) is 3.99. The number of nitrogens with zero attached hydrogens (tertiary/aromatic N) is 2. The number of benzene rings is 1. The van der Waals surface area contributed by atoms with Crippen LogP contribution in [-0.4, -0.2) is 61.8 Å². The van der Waals surface area contributed by atoms with Gasteiger partial charge in [-0.1, -0.05) is 6.07 Å². The molecule has 2 amide bonds. The third-order valence-electron chi connectivity index (χ3n) is 6.71. The van der Waals surface area contributed by atoms with Crippen molar-refractivity contribution in [1.29, 1.82) is 0 Å². The Kier molecular flexibility index (Phi) is 5.83. The maximum absolute atomic E-state index is 14.1. The van der Waals surface area contributed by atoms with E-state index in [9.17, 15) is 13.6 Å². The lowest BCUT2D eigenvalue weighted by atomic mass is 9.72. The first-order chi connectivity index (χ1) is 13.6. The Bertz CT molecular complexity index is 683. The van der Waals surface area contributed by atoms with Gasteiger partial charge in [0, 0.05) is 58.0 Å². The molecule has 0 bridgehead atoms. The summed E-state index contributed by atoms with van der Waals surface area (Å²) >= 11 is 0.